The molecule has 5 heteroatoms. The number of aryl methyl sites for hydroxylation is 1. The van der Waals surface area contributed by atoms with Crippen LogP contribution in [0.15, 0.2) is 53.1 Å². The maximum Gasteiger partial charge on any atom is 0.214 e. The third kappa shape index (κ3) is 3.14. The Labute approximate surface area is 129 Å². The third-order valence-corrected chi connectivity index (χ3v) is 3.38. The first-order valence-corrected chi connectivity index (χ1v) is 7.15. The molecule has 0 amide bonds. The van der Waals surface area contributed by atoms with Crippen LogP contribution in [-0.2, 0) is 0 Å². The molecule has 0 saturated carbocycles. The second kappa shape index (κ2) is 6.85. The Morgan fingerprint density at radius 3 is 2.68 bits per heavy atom. The normalized spacial score (nSPS) is 11.3. The topological polar surface area (TPSA) is 64.0 Å². The fraction of sp³-hybridized carbons (Fsp3) is 0.235. The van der Waals surface area contributed by atoms with E-state index in [0.29, 0.717) is 12.0 Å². The monoisotopic (exact) mass is 297 g/mol. The van der Waals surface area contributed by atoms with Crippen LogP contribution in [-0.4, -0.2) is 22.6 Å². The molecule has 1 aromatic carbocycles. The number of hydrogen-bond acceptors (Lipinski definition) is 4. The van der Waals surface area contributed by atoms with Crippen molar-refractivity contribution in [1.29, 1.82) is 0 Å². The van der Waals surface area contributed by atoms with E-state index in [1.54, 1.807) is 24.1 Å². The van der Waals surface area contributed by atoms with Crippen molar-refractivity contribution >= 4 is 5.78 Å². The van der Waals surface area contributed by atoms with E-state index in [-0.39, 0.29) is 16.9 Å². The number of nitrogens with one attached hydrogen (secondary N) is 1. The summed E-state index contributed by atoms with van der Waals surface area (Å²) < 4.78 is 1.57. The zero-order valence-corrected chi connectivity index (χ0v) is 13.0. The van der Waals surface area contributed by atoms with E-state index in [1.165, 1.54) is 6.07 Å². The minimum Gasteiger partial charge on any atom is -0.394 e. The molecular formula is C17H19N3O2. The second-order valence-corrected chi connectivity index (χ2v) is 4.90. The molecule has 1 aromatic heterocycles. The van der Waals surface area contributed by atoms with Crippen LogP contribution in [0.25, 0.3) is 5.69 Å². The highest BCUT2D eigenvalue weighted by atomic mass is 16.1. The standard InChI is InChI=1S/C17H19N3O2/c1-4-13(11-18-3)17(22)16-15(21)9-10-20(19-16)14-8-6-5-7-12(14)2/h5-11,18H,4H2,1-3H3/b13-11+. The molecule has 22 heavy (non-hydrogen) atoms. The third-order valence-electron chi connectivity index (χ3n) is 3.38. The Bertz CT molecular complexity index is 775. The molecule has 0 aliphatic heterocycles. The smallest absolute Gasteiger partial charge is 0.214 e. The summed E-state index contributed by atoms with van der Waals surface area (Å²) in [4.78, 5) is 24.5. The summed E-state index contributed by atoms with van der Waals surface area (Å²) in [5.74, 6) is -0.343. The molecule has 0 saturated heterocycles. The van der Waals surface area contributed by atoms with Gasteiger partial charge in [-0.25, -0.2) is 4.68 Å². The van der Waals surface area contributed by atoms with Gasteiger partial charge in [-0.1, -0.05) is 25.1 Å². The number of nitrogens with zero attached hydrogens (tertiary/aromatic N) is 2. The van der Waals surface area contributed by atoms with Crippen molar-refractivity contribution in [2.24, 2.45) is 0 Å². The highest BCUT2D eigenvalue weighted by Gasteiger charge is 2.17. The van der Waals surface area contributed by atoms with E-state index in [1.807, 2.05) is 38.1 Å². The van der Waals surface area contributed by atoms with Gasteiger partial charge in [0.15, 0.2) is 5.69 Å². The Hall–Kier alpha value is -2.69. The van der Waals surface area contributed by atoms with Gasteiger partial charge in [-0.05, 0) is 25.0 Å². The van der Waals surface area contributed by atoms with Crippen LogP contribution in [0.3, 0.4) is 0 Å². The van der Waals surface area contributed by atoms with Gasteiger partial charge < -0.3 is 5.32 Å². The lowest BCUT2D eigenvalue weighted by Crippen LogP contribution is -2.22. The number of hydrogen-bond donors (Lipinski definition) is 1. The van der Waals surface area contributed by atoms with E-state index in [9.17, 15) is 9.59 Å². The lowest BCUT2D eigenvalue weighted by molar-refractivity contribution is 0.102. The van der Waals surface area contributed by atoms with Gasteiger partial charge in [0.05, 0.1) is 5.69 Å². The number of carbonyl (C=O) groups is 1. The molecule has 0 atom stereocenters. The molecule has 5 nitrogen and oxygen atoms in total. The van der Waals surface area contributed by atoms with Gasteiger partial charge in [0.2, 0.25) is 11.2 Å². The highest BCUT2D eigenvalue weighted by Crippen LogP contribution is 2.12. The van der Waals surface area contributed by atoms with Gasteiger partial charge >= 0.3 is 0 Å². The summed E-state index contributed by atoms with van der Waals surface area (Å²) in [6.45, 7) is 3.82. The molecule has 0 spiro atoms. The number of allylic oxidation sites excluding steroid dienone is 1. The zero-order valence-electron chi connectivity index (χ0n) is 13.0. The number of para-hydroxylation sites is 1. The van der Waals surface area contributed by atoms with Crippen molar-refractivity contribution in [2.45, 2.75) is 20.3 Å². The highest BCUT2D eigenvalue weighted by molar-refractivity contribution is 6.07. The van der Waals surface area contributed by atoms with Gasteiger partial charge in [-0.2, -0.15) is 5.10 Å². The molecule has 0 bridgehead atoms. The maximum atomic E-state index is 12.5. The average molecular weight is 297 g/mol. The molecule has 1 heterocycles. The van der Waals surface area contributed by atoms with E-state index < -0.39 is 0 Å². The Morgan fingerprint density at radius 1 is 1.32 bits per heavy atom. The van der Waals surface area contributed by atoms with Gasteiger partial charge in [-0.15, -0.1) is 0 Å². The van der Waals surface area contributed by atoms with Crippen LogP contribution >= 0.6 is 0 Å². The largest absolute Gasteiger partial charge is 0.394 e. The lowest BCUT2D eigenvalue weighted by Gasteiger charge is -2.10. The van der Waals surface area contributed by atoms with Crippen LogP contribution < -0.4 is 10.7 Å². The fourth-order valence-electron chi connectivity index (χ4n) is 2.17. The zero-order chi connectivity index (χ0) is 16.1. The molecule has 2 rings (SSSR count). The SMILES string of the molecule is CC/C(=C\NC)C(=O)c1nn(-c2ccccc2C)ccc1=O. The van der Waals surface area contributed by atoms with Crippen molar-refractivity contribution in [2.75, 3.05) is 7.05 Å². The first-order chi connectivity index (χ1) is 10.6. The van der Waals surface area contributed by atoms with E-state index in [4.69, 9.17) is 0 Å². The van der Waals surface area contributed by atoms with Crippen LogP contribution in [0.2, 0.25) is 0 Å². The van der Waals surface area contributed by atoms with Gasteiger partial charge in [0, 0.05) is 31.1 Å². The number of Topliss-reactive ketones (excluding diaryl/α,β-unsaturated/α-hetero) is 1. The Kier molecular flexibility index (Phi) is 4.88. The second-order valence-electron chi connectivity index (χ2n) is 4.90. The molecule has 0 radical (unpaired) electrons. The van der Waals surface area contributed by atoms with Crippen molar-refractivity contribution in [3.63, 3.8) is 0 Å². The number of ketones is 1. The van der Waals surface area contributed by atoms with E-state index >= 15 is 0 Å². The predicted molar refractivity (Wildman–Crippen MR) is 86.3 cm³/mol. The molecule has 0 aliphatic carbocycles. The number of carbonyl (C=O) groups excluding carboxylic acids is 1. The van der Waals surface area contributed by atoms with Gasteiger partial charge in [-0.3, -0.25) is 9.59 Å². The van der Waals surface area contributed by atoms with Crippen LogP contribution in [0.5, 0.6) is 0 Å². The first kappa shape index (κ1) is 15.7. The molecule has 0 unspecified atom stereocenters. The van der Waals surface area contributed by atoms with E-state index in [2.05, 4.69) is 10.4 Å². The summed E-state index contributed by atoms with van der Waals surface area (Å²) >= 11 is 0. The summed E-state index contributed by atoms with van der Waals surface area (Å²) in [5.41, 5.74) is 1.94. The molecule has 0 fully saturated rings. The van der Waals surface area contributed by atoms with Crippen molar-refractivity contribution in [3.8, 4) is 5.69 Å². The van der Waals surface area contributed by atoms with Crippen molar-refractivity contribution in [3.05, 3.63) is 69.8 Å². The van der Waals surface area contributed by atoms with Crippen molar-refractivity contribution < 1.29 is 4.79 Å². The molecule has 2 aromatic rings. The van der Waals surface area contributed by atoms with Gasteiger partial charge in [0.1, 0.15) is 0 Å². The number of rotatable bonds is 5. The summed E-state index contributed by atoms with van der Waals surface area (Å²) in [5, 5.41) is 7.07. The maximum absolute atomic E-state index is 12.5. The molecule has 0 aliphatic rings. The molecular weight excluding hydrogens is 278 g/mol. The minimum atomic E-state index is -0.370. The summed E-state index contributed by atoms with van der Waals surface area (Å²) in [7, 11) is 1.72. The minimum absolute atomic E-state index is 0.0610. The number of aromatic nitrogens is 2. The van der Waals surface area contributed by atoms with Crippen LogP contribution in [0.1, 0.15) is 29.4 Å². The van der Waals surface area contributed by atoms with E-state index in [0.717, 1.165) is 11.3 Å². The Balaban J connectivity index is 2.53. The first-order valence-electron chi connectivity index (χ1n) is 7.15. The van der Waals surface area contributed by atoms with Crippen LogP contribution in [0.4, 0.5) is 0 Å². The lowest BCUT2D eigenvalue weighted by atomic mass is 10.1. The fourth-order valence-corrected chi connectivity index (χ4v) is 2.17. The predicted octanol–water partition coefficient (Wildman–Crippen LogP) is 2.24. The molecule has 1 N–H and O–H groups in total. The quantitative estimate of drug-likeness (QED) is 0.679. The van der Waals surface area contributed by atoms with Crippen molar-refractivity contribution in [1.82, 2.24) is 15.1 Å². The number of benzene rings is 1. The Morgan fingerprint density at radius 2 is 2.05 bits per heavy atom. The summed E-state index contributed by atoms with van der Waals surface area (Å²) in [6, 6.07) is 9.04. The van der Waals surface area contributed by atoms with Crippen LogP contribution in [0, 0.1) is 6.92 Å². The van der Waals surface area contributed by atoms with Gasteiger partial charge in [0.25, 0.3) is 0 Å². The average Bonchev–Trinajstić information content (AvgIpc) is 2.53. The summed E-state index contributed by atoms with van der Waals surface area (Å²) in [6.07, 6.45) is 3.71. The molecule has 114 valence electrons.